The number of fused-ring (bicyclic) bond motifs is 1. The predicted octanol–water partition coefficient (Wildman–Crippen LogP) is 4.63. The van der Waals surface area contributed by atoms with Crippen LogP contribution in [0, 0.1) is 0 Å². The van der Waals surface area contributed by atoms with Gasteiger partial charge in [0.25, 0.3) is 0 Å². The summed E-state index contributed by atoms with van der Waals surface area (Å²) in [6.45, 7) is 3.06. The maximum absolute atomic E-state index is 10.7. The Balaban J connectivity index is 1.32. The summed E-state index contributed by atoms with van der Waals surface area (Å²) in [4.78, 5) is 10.7. The first-order valence-corrected chi connectivity index (χ1v) is 10.4. The summed E-state index contributed by atoms with van der Waals surface area (Å²) in [5.41, 5.74) is 5.16. The molecular weight excluding hydrogens is 350 g/mol. The van der Waals surface area contributed by atoms with Crippen LogP contribution in [-0.4, -0.2) is 23.7 Å². The van der Waals surface area contributed by atoms with Gasteiger partial charge in [-0.05, 0) is 66.8 Å². The van der Waals surface area contributed by atoms with E-state index in [1.54, 1.807) is 0 Å². The number of rotatable bonds is 7. The molecule has 1 aliphatic heterocycles. The predicted molar refractivity (Wildman–Crippen MR) is 110 cm³/mol. The molecule has 1 fully saturated rings. The highest BCUT2D eigenvalue weighted by molar-refractivity contribution is 5.67. The van der Waals surface area contributed by atoms with E-state index in [2.05, 4.69) is 54.7 Å². The van der Waals surface area contributed by atoms with Crippen LogP contribution >= 0.6 is 0 Å². The summed E-state index contributed by atoms with van der Waals surface area (Å²) in [6, 6.07) is 16.0. The summed E-state index contributed by atoms with van der Waals surface area (Å²) in [6.07, 6.45) is 5.38. The zero-order valence-corrected chi connectivity index (χ0v) is 16.5. The van der Waals surface area contributed by atoms with Crippen LogP contribution in [-0.2, 0) is 17.6 Å². The van der Waals surface area contributed by atoms with E-state index in [9.17, 15) is 4.79 Å². The van der Waals surface area contributed by atoms with Gasteiger partial charge >= 0.3 is 5.97 Å². The molecule has 4 nitrogen and oxygen atoms in total. The Morgan fingerprint density at radius 2 is 2.04 bits per heavy atom. The minimum absolute atomic E-state index is 0.196. The van der Waals surface area contributed by atoms with Crippen LogP contribution in [0.1, 0.15) is 66.8 Å². The molecule has 2 N–H and O–H groups in total. The molecule has 148 valence electrons. The molecule has 2 aromatic carbocycles. The highest BCUT2D eigenvalue weighted by Gasteiger charge is 2.27. The lowest BCUT2D eigenvalue weighted by Crippen LogP contribution is -2.29. The quantitative estimate of drug-likeness (QED) is 0.737. The molecule has 0 aromatic heterocycles. The highest BCUT2D eigenvalue weighted by Crippen LogP contribution is 2.36. The SMILES string of the molecule is CC(NC1CCC(c2ccc(CCC(=O)O)cc2)C1)c1ccc2c(c1)CCO2. The third kappa shape index (κ3) is 4.39. The molecule has 0 spiro atoms. The van der Waals surface area contributed by atoms with Gasteiger partial charge < -0.3 is 15.2 Å². The number of carboxylic acid groups (broad SMARTS) is 1. The average Bonchev–Trinajstić information content (AvgIpc) is 3.35. The molecule has 1 heterocycles. The first-order chi connectivity index (χ1) is 13.6. The number of carboxylic acids is 1. The topological polar surface area (TPSA) is 58.6 Å². The molecule has 0 radical (unpaired) electrons. The van der Waals surface area contributed by atoms with Gasteiger partial charge in [0, 0.05) is 24.9 Å². The van der Waals surface area contributed by atoms with E-state index in [0.717, 1.165) is 30.8 Å². The lowest BCUT2D eigenvalue weighted by molar-refractivity contribution is -0.136. The standard InChI is InChI=1S/C24H29NO3/c1-16(19-8-10-23-21(14-19)12-13-28-23)25-22-9-7-20(15-22)18-5-2-17(3-6-18)4-11-24(26)27/h2-3,5-6,8,10,14,16,20,22,25H,4,7,9,11-13,15H2,1H3,(H,26,27). The summed E-state index contributed by atoms with van der Waals surface area (Å²) >= 11 is 0. The molecule has 3 unspecified atom stereocenters. The Morgan fingerprint density at radius 1 is 1.21 bits per heavy atom. The normalized spacial score (nSPS) is 21.9. The van der Waals surface area contributed by atoms with Crippen molar-refractivity contribution in [2.45, 2.75) is 63.5 Å². The van der Waals surface area contributed by atoms with Gasteiger partial charge in [-0.25, -0.2) is 0 Å². The zero-order valence-electron chi connectivity index (χ0n) is 16.5. The molecular formula is C24H29NO3. The molecule has 3 atom stereocenters. The summed E-state index contributed by atoms with van der Waals surface area (Å²) in [5, 5.41) is 12.6. The fourth-order valence-corrected chi connectivity index (χ4v) is 4.57. The molecule has 0 bridgehead atoms. The fraction of sp³-hybridized carbons (Fsp3) is 0.458. The summed E-state index contributed by atoms with van der Waals surface area (Å²) in [5.74, 6) is 0.897. The van der Waals surface area contributed by atoms with Crippen molar-refractivity contribution in [1.82, 2.24) is 5.32 Å². The van der Waals surface area contributed by atoms with Crippen LogP contribution < -0.4 is 10.1 Å². The number of benzene rings is 2. The van der Waals surface area contributed by atoms with E-state index < -0.39 is 5.97 Å². The van der Waals surface area contributed by atoms with E-state index in [1.165, 1.54) is 29.5 Å². The molecule has 4 heteroatoms. The van der Waals surface area contributed by atoms with E-state index in [0.29, 0.717) is 24.4 Å². The first kappa shape index (κ1) is 19.0. The van der Waals surface area contributed by atoms with Gasteiger partial charge in [0.2, 0.25) is 0 Å². The van der Waals surface area contributed by atoms with Crippen molar-refractivity contribution in [3.8, 4) is 5.75 Å². The van der Waals surface area contributed by atoms with Gasteiger partial charge in [0.1, 0.15) is 5.75 Å². The molecule has 28 heavy (non-hydrogen) atoms. The minimum atomic E-state index is -0.737. The molecule has 2 aliphatic rings. The monoisotopic (exact) mass is 379 g/mol. The molecule has 2 aromatic rings. The third-order valence-corrected chi connectivity index (χ3v) is 6.21. The number of aryl methyl sites for hydroxylation is 1. The van der Waals surface area contributed by atoms with Gasteiger partial charge in [-0.2, -0.15) is 0 Å². The number of carbonyl (C=O) groups is 1. The summed E-state index contributed by atoms with van der Waals surface area (Å²) < 4.78 is 5.62. The maximum atomic E-state index is 10.7. The van der Waals surface area contributed by atoms with E-state index in [4.69, 9.17) is 9.84 Å². The Morgan fingerprint density at radius 3 is 2.82 bits per heavy atom. The maximum Gasteiger partial charge on any atom is 0.303 e. The van der Waals surface area contributed by atoms with Crippen LogP contribution in [0.25, 0.3) is 0 Å². The van der Waals surface area contributed by atoms with Gasteiger partial charge in [0.15, 0.2) is 0 Å². The molecule has 0 saturated heterocycles. The van der Waals surface area contributed by atoms with Crippen molar-refractivity contribution in [3.63, 3.8) is 0 Å². The van der Waals surface area contributed by atoms with Crippen LogP contribution in [0.3, 0.4) is 0 Å². The molecule has 0 amide bonds. The van der Waals surface area contributed by atoms with Crippen molar-refractivity contribution in [2.75, 3.05) is 6.61 Å². The second-order valence-electron chi connectivity index (χ2n) is 8.20. The van der Waals surface area contributed by atoms with Crippen molar-refractivity contribution in [2.24, 2.45) is 0 Å². The number of hydrogen-bond donors (Lipinski definition) is 2. The van der Waals surface area contributed by atoms with Gasteiger partial charge in [-0.3, -0.25) is 4.79 Å². The zero-order chi connectivity index (χ0) is 19.5. The third-order valence-electron chi connectivity index (χ3n) is 6.21. The van der Waals surface area contributed by atoms with Crippen molar-refractivity contribution >= 4 is 5.97 Å². The Hall–Kier alpha value is -2.33. The Labute approximate surface area is 166 Å². The first-order valence-electron chi connectivity index (χ1n) is 10.4. The van der Waals surface area contributed by atoms with Crippen LogP contribution in [0.5, 0.6) is 5.75 Å². The van der Waals surface area contributed by atoms with Crippen LogP contribution in [0.2, 0.25) is 0 Å². The van der Waals surface area contributed by atoms with E-state index in [1.807, 2.05) is 0 Å². The second kappa shape index (κ2) is 8.36. The van der Waals surface area contributed by atoms with Gasteiger partial charge in [-0.1, -0.05) is 36.4 Å². The largest absolute Gasteiger partial charge is 0.493 e. The van der Waals surface area contributed by atoms with E-state index in [-0.39, 0.29) is 6.42 Å². The molecule has 4 rings (SSSR count). The highest BCUT2D eigenvalue weighted by atomic mass is 16.5. The second-order valence-corrected chi connectivity index (χ2v) is 8.20. The Bertz CT molecular complexity index is 830. The number of aliphatic carboxylic acids is 1. The van der Waals surface area contributed by atoms with Crippen molar-refractivity contribution in [3.05, 3.63) is 64.7 Å². The lowest BCUT2D eigenvalue weighted by atomic mass is 9.95. The Kier molecular flexibility index (Phi) is 5.67. The smallest absolute Gasteiger partial charge is 0.303 e. The molecule has 1 saturated carbocycles. The average molecular weight is 380 g/mol. The molecule has 1 aliphatic carbocycles. The summed E-state index contributed by atoms with van der Waals surface area (Å²) in [7, 11) is 0. The van der Waals surface area contributed by atoms with Gasteiger partial charge in [0.05, 0.1) is 6.61 Å². The van der Waals surface area contributed by atoms with Crippen LogP contribution in [0.4, 0.5) is 0 Å². The number of nitrogens with one attached hydrogen (secondary N) is 1. The minimum Gasteiger partial charge on any atom is -0.493 e. The van der Waals surface area contributed by atoms with Gasteiger partial charge in [-0.15, -0.1) is 0 Å². The number of hydrogen-bond acceptors (Lipinski definition) is 3. The fourth-order valence-electron chi connectivity index (χ4n) is 4.57. The van der Waals surface area contributed by atoms with Crippen LogP contribution in [0.15, 0.2) is 42.5 Å². The number of ether oxygens (including phenoxy) is 1. The van der Waals surface area contributed by atoms with Crippen molar-refractivity contribution in [1.29, 1.82) is 0 Å². The van der Waals surface area contributed by atoms with E-state index >= 15 is 0 Å². The van der Waals surface area contributed by atoms with Crippen molar-refractivity contribution < 1.29 is 14.6 Å². The lowest BCUT2D eigenvalue weighted by Gasteiger charge is -2.21.